The molecule has 0 radical (unpaired) electrons. The number of carbonyl (C=O) groups excluding carboxylic acids is 2. The first-order valence-corrected chi connectivity index (χ1v) is 9.82. The third kappa shape index (κ3) is 6.02. The number of hydrogen-bond acceptors (Lipinski definition) is 6. The van der Waals surface area contributed by atoms with Gasteiger partial charge < -0.3 is 13.7 Å². The van der Waals surface area contributed by atoms with Gasteiger partial charge in [-0.05, 0) is 23.3 Å². The average molecular weight is 410 g/mol. The Labute approximate surface area is 170 Å². The lowest BCUT2D eigenvalue weighted by atomic mass is 10.2. The second kappa shape index (κ2) is 10.2. The molecular formula is C22H18O6S. The van der Waals surface area contributed by atoms with Crippen molar-refractivity contribution in [1.82, 2.24) is 0 Å². The quantitative estimate of drug-likeness (QED) is 0.537. The number of esters is 1. The minimum Gasteiger partial charge on any atom is -0.457 e. The van der Waals surface area contributed by atoms with Crippen LogP contribution in [0.2, 0.25) is 0 Å². The van der Waals surface area contributed by atoms with Crippen LogP contribution in [0.15, 0.2) is 89.8 Å². The minimum atomic E-state index is -2.23. The van der Waals surface area contributed by atoms with E-state index in [0.717, 1.165) is 11.1 Å². The molecule has 6 nitrogen and oxygen atoms in total. The van der Waals surface area contributed by atoms with Gasteiger partial charge in [-0.1, -0.05) is 72.8 Å². The Balaban J connectivity index is 1.60. The van der Waals surface area contributed by atoms with Gasteiger partial charge in [0.1, 0.15) is 13.2 Å². The van der Waals surface area contributed by atoms with Crippen LogP contribution in [0.25, 0.3) is 0 Å². The predicted octanol–water partition coefficient (Wildman–Crippen LogP) is 4.42. The van der Waals surface area contributed by atoms with Crippen molar-refractivity contribution in [2.75, 3.05) is 0 Å². The normalized spacial score (nSPS) is 11.3. The maximum Gasteiger partial charge on any atom is 0.523 e. The van der Waals surface area contributed by atoms with E-state index in [9.17, 15) is 13.8 Å². The zero-order valence-electron chi connectivity index (χ0n) is 15.4. The van der Waals surface area contributed by atoms with E-state index in [0.29, 0.717) is 0 Å². The summed E-state index contributed by atoms with van der Waals surface area (Å²) in [6.45, 7) is 0.0538. The minimum absolute atomic E-state index is 0.0162. The number of benzene rings is 3. The Morgan fingerprint density at radius 3 is 1.83 bits per heavy atom. The summed E-state index contributed by atoms with van der Waals surface area (Å²) in [6, 6.07) is 24.3. The van der Waals surface area contributed by atoms with E-state index in [-0.39, 0.29) is 23.7 Å². The maximum atomic E-state index is 12.4. The van der Waals surface area contributed by atoms with E-state index in [2.05, 4.69) is 0 Å². The van der Waals surface area contributed by atoms with Crippen molar-refractivity contribution < 1.29 is 27.5 Å². The molecule has 0 amide bonds. The molecule has 0 heterocycles. The first kappa shape index (κ1) is 20.3. The summed E-state index contributed by atoms with van der Waals surface area (Å²) in [5.41, 5.74) is 1.64. The SMILES string of the molecule is O=C(OCc1ccccc1)OS(=O)c1ccccc1C(=O)OCc1ccccc1. The van der Waals surface area contributed by atoms with Gasteiger partial charge in [-0.25, -0.2) is 13.8 Å². The van der Waals surface area contributed by atoms with Crippen LogP contribution < -0.4 is 0 Å². The van der Waals surface area contributed by atoms with Crippen molar-refractivity contribution in [1.29, 1.82) is 0 Å². The fourth-order valence-corrected chi connectivity index (χ4v) is 3.21. The fourth-order valence-electron chi connectivity index (χ4n) is 2.43. The standard InChI is InChI=1S/C22H18O6S/c23-21(26-15-17-9-3-1-4-10-17)19-13-7-8-14-20(19)29(25)28-22(24)27-16-18-11-5-2-6-12-18/h1-14H,15-16H2. The van der Waals surface area contributed by atoms with Gasteiger partial charge in [-0.3, -0.25) is 0 Å². The maximum absolute atomic E-state index is 12.4. The van der Waals surface area contributed by atoms with Crippen LogP contribution in [0, 0.1) is 0 Å². The van der Waals surface area contributed by atoms with Gasteiger partial charge in [-0.15, -0.1) is 0 Å². The molecule has 0 aliphatic rings. The van der Waals surface area contributed by atoms with Crippen LogP contribution in [0.1, 0.15) is 21.5 Å². The van der Waals surface area contributed by atoms with Gasteiger partial charge in [0.2, 0.25) is 11.1 Å². The molecule has 0 aliphatic carbocycles. The summed E-state index contributed by atoms with van der Waals surface area (Å²) in [5, 5.41) is 0. The van der Waals surface area contributed by atoms with Crippen molar-refractivity contribution in [3.8, 4) is 0 Å². The van der Waals surface area contributed by atoms with Crippen molar-refractivity contribution in [3.63, 3.8) is 0 Å². The molecule has 3 aromatic carbocycles. The molecule has 1 atom stereocenters. The summed E-state index contributed by atoms with van der Waals surface area (Å²) < 4.78 is 27.5. The lowest BCUT2D eigenvalue weighted by molar-refractivity contribution is 0.0467. The third-order valence-corrected chi connectivity index (χ3v) is 4.85. The van der Waals surface area contributed by atoms with Gasteiger partial charge in [0.25, 0.3) is 0 Å². The molecule has 0 aliphatic heterocycles. The summed E-state index contributed by atoms with van der Waals surface area (Å²) in [4.78, 5) is 24.3. The van der Waals surface area contributed by atoms with Crippen molar-refractivity contribution >= 4 is 23.2 Å². The molecule has 1 unspecified atom stereocenters. The lowest BCUT2D eigenvalue weighted by Gasteiger charge is -2.10. The summed E-state index contributed by atoms with van der Waals surface area (Å²) in [6.07, 6.45) is -1.10. The Kier molecular flexibility index (Phi) is 7.13. The van der Waals surface area contributed by atoms with Crippen LogP contribution in [-0.4, -0.2) is 16.3 Å². The van der Waals surface area contributed by atoms with E-state index >= 15 is 0 Å². The summed E-state index contributed by atoms with van der Waals surface area (Å²) in [7, 11) is 0. The van der Waals surface area contributed by atoms with Crippen LogP contribution in [0.5, 0.6) is 0 Å². The number of rotatable bonds is 7. The number of ether oxygens (including phenoxy) is 2. The molecule has 7 heteroatoms. The van der Waals surface area contributed by atoms with Gasteiger partial charge in [0.05, 0.1) is 10.5 Å². The Morgan fingerprint density at radius 1 is 0.690 bits per heavy atom. The fraction of sp³-hybridized carbons (Fsp3) is 0.0909. The highest BCUT2D eigenvalue weighted by Gasteiger charge is 2.21. The van der Waals surface area contributed by atoms with Gasteiger partial charge in [-0.2, -0.15) is 0 Å². The molecule has 0 spiro atoms. The lowest BCUT2D eigenvalue weighted by Crippen LogP contribution is -2.14. The highest BCUT2D eigenvalue weighted by atomic mass is 32.2. The Morgan fingerprint density at radius 2 is 1.21 bits per heavy atom. The molecular weight excluding hydrogens is 392 g/mol. The highest BCUT2D eigenvalue weighted by molar-refractivity contribution is 7.80. The molecule has 0 bridgehead atoms. The zero-order valence-corrected chi connectivity index (χ0v) is 16.2. The molecule has 3 aromatic rings. The molecule has 148 valence electrons. The monoisotopic (exact) mass is 410 g/mol. The molecule has 0 fully saturated rings. The highest BCUT2D eigenvalue weighted by Crippen LogP contribution is 2.17. The largest absolute Gasteiger partial charge is 0.523 e. The topological polar surface area (TPSA) is 78.9 Å². The van der Waals surface area contributed by atoms with Crippen molar-refractivity contribution in [2.24, 2.45) is 0 Å². The van der Waals surface area contributed by atoms with Crippen molar-refractivity contribution in [3.05, 3.63) is 102 Å². The molecule has 29 heavy (non-hydrogen) atoms. The summed E-state index contributed by atoms with van der Waals surface area (Å²) >= 11 is -2.23. The van der Waals surface area contributed by atoms with Crippen molar-refractivity contribution in [2.45, 2.75) is 18.1 Å². The third-order valence-electron chi connectivity index (χ3n) is 3.84. The molecule has 0 saturated heterocycles. The summed E-state index contributed by atoms with van der Waals surface area (Å²) in [5.74, 6) is -0.668. The van der Waals surface area contributed by atoms with Gasteiger partial charge >= 0.3 is 12.1 Å². The molecule has 0 aromatic heterocycles. The number of hydrogen-bond donors (Lipinski definition) is 0. The number of carbonyl (C=O) groups is 2. The van der Waals surface area contributed by atoms with E-state index in [1.807, 2.05) is 36.4 Å². The van der Waals surface area contributed by atoms with E-state index in [1.54, 1.807) is 36.4 Å². The van der Waals surface area contributed by atoms with Crippen LogP contribution in [0.4, 0.5) is 4.79 Å². The first-order chi connectivity index (χ1) is 14.1. The van der Waals surface area contributed by atoms with Gasteiger partial charge in [0, 0.05) is 0 Å². The second-order valence-electron chi connectivity index (χ2n) is 5.90. The van der Waals surface area contributed by atoms with E-state index in [1.165, 1.54) is 12.1 Å². The van der Waals surface area contributed by atoms with Crippen LogP contribution in [-0.2, 0) is 38.0 Å². The van der Waals surface area contributed by atoms with E-state index in [4.69, 9.17) is 13.7 Å². The van der Waals surface area contributed by atoms with Crippen LogP contribution in [0.3, 0.4) is 0 Å². The first-order valence-electron chi connectivity index (χ1n) is 8.74. The Bertz CT molecular complexity index is 988. The van der Waals surface area contributed by atoms with Gasteiger partial charge in [0.15, 0.2) is 0 Å². The zero-order chi connectivity index (χ0) is 20.5. The average Bonchev–Trinajstić information content (AvgIpc) is 2.77. The predicted molar refractivity (Wildman–Crippen MR) is 106 cm³/mol. The molecule has 0 saturated carbocycles. The molecule has 3 rings (SSSR count). The Hall–Kier alpha value is -3.45. The second-order valence-corrected chi connectivity index (χ2v) is 6.98. The van der Waals surface area contributed by atoms with Crippen LogP contribution >= 0.6 is 0 Å². The molecule has 0 N–H and O–H groups in total. The van der Waals surface area contributed by atoms with E-state index < -0.39 is 23.2 Å². The smallest absolute Gasteiger partial charge is 0.457 e.